The quantitative estimate of drug-likeness (QED) is 0.0510. The molecule has 0 spiro atoms. The molecule has 0 unspecified atom stereocenters. The van der Waals surface area contributed by atoms with Crippen molar-refractivity contribution in [3.63, 3.8) is 0 Å². The molecule has 17 heteroatoms. The molecular weight excluding hydrogens is 852 g/mol. The number of sulfonamides is 1. The second-order valence-electron chi connectivity index (χ2n) is 14.6. The van der Waals surface area contributed by atoms with Crippen molar-refractivity contribution >= 4 is 66.1 Å². The van der Waals surface area contributed by atoms with Crippen LogP contribution in [0.3, 0.4) is 0 Å². The molecule has 0 aromatic heterocycles. The Bertz CT molecular complexity index is 2300. The number of rotatable bonds is 20. The van der Waals surface area contributed by atoms with Crippen molar-refractivity contribution in [2.24, 2.45) is 0 Å². The highest BCUT2D eigenvalue weighted by Crippen LogP contribution is 2.33. The Kier molecular flexibility index (Phi) is 16.4. The SMILES string of the molecule is O=C(NS(=O)(=O)c1ccc(N[C@H](CCN2CCOCC2)CSc2ccccc2)c(S(=O)(=O)C(F)F)c1)c1ccc(NCCNCC2=C(c3ccc(Cl)cc3)CCCC2)cc1. The molecule has 6 rings (SSSR count). The molecule has 60 heavy (non-hydrogen) atoms. The zero-order valence-electron chi connectivity index (χ0n) is 33.0. The number of ether oxygens (including phenoxy) is 1. The van der Waals surface area contributed by atoms with Crippen LogP contribution in [0.2, 0.25) is 5.02 Å². The summed E-state index contributed by atoms with van der Waals surface area (Å²) in [6.07, 6.45) is 4.94. The standard InChI is InChI=1S/C43H50ClF2N5O6S3/c44-34-14-10-31(11-15-34)39-9-5-4-6-33(39)29-47-21-22-48-35-16-12-32(13-17-35)42(52)50-60(55,56)38-18-19-40(41(28-38)59(53,54)43(45)46)49-36(20-23-51-24-26-57-27-25-51)30-58-37-7-2-1-3-8-37/h1-3,7-8,10-19,28,36,43,47-49H,4-6,9,20-27,29-30H2,(H,50,52)/t36-/m1/s1. The van der Waals surface area contributed by atoms with Crippen molar-refractivity contribution in [1.29, 1.82) is 0 Å². The predicted octanol–water partition coefficient (Wildman–Crippen LogP) is 7.78. The number of carbonyl (C=O) groups is 1. The number of anilines is 2. The van der Waals surface area contributed by atoms with Crippen molar-refractivity contribution in [2.75, 3.05) is 68.9 Å². The summed E-state index contributed by atoms with van der Waals surface area (Å²) in [5.41, 5.74) is 4.55. The van der Waals surface area contributed by atoms with E-state index in [2.05, 4.69) is 33.0 Å². The van der Waals surface area contributed by atoms with Crippen LogP contribution in [0.25, 0.3) is 5.57 Å². The van der Waals surface area contributed by atoms with Crippen LogP contribution < -0.4 is 20.7 Å². The smallest absolute Gasteiger partial charge is 0.341 e. The number of hydrogen-bond acceptors (Lipinski definition) is 11. The van der Waals surface area contributed by atoms with Crippen LogP contribution in [0.15, 0.2) is 117 Å². The number of allylic oxidation sites excluding steroid dienone is 1. The van der Waals surface area contributed by atoms with Gasteiger partial charge in [-0.1, -0.05) is 47.5 Å². The number of hydrogen-bond donors (Lipinski definition) is 4. The van der Waals surface area contributed by atoms with E-state index in [9.17, 15) is 30.4 Å². The van der Waals surface area contributed by atoms with Crippen LogP contribution in [0.1, 0.15) is 48.0 Å². The lowest BCUT2D eigenvalue weighted by Crippen LogP contribution is -2.39. The molecule has 1 atom stereocenters. The summed E-state index contributed by atoms with van der Waals surface area (Å²) in [5.74, 6) is -4.32. The van der Waals surface area contributed by atoms with Gasteiger partial charge in [0.25, 0.3) is 15.9 Å². The third-order valence-corrected chi connectivity index (χ3v) is 14.5. The van der Waals surface area contributed by atoms with Gasteiger partial charge in [0, 0.05) is 72.2 Å². The number of benzene rings is 4. The molecule has 1 heterocycles. The summed E-state index contributed by atoms with van der Waals surface area (Å²) in [7, 11) is -9.97. The van der Waals surface area contributed by atoms with Gasteiger partial charge in [-0.3, -0.25) is 9.69 Å². The topological polar surface area (TPSA) is 146 Å². The molecule has 4 N–H and O–H groups in total. The molecule has 1 fully saturated rings. The Morgan fingerprint density at radius 3 is 2.30 bits per heavy atom. The molecule has 1 saturated heterocycles. The first-order valence-corrected chi connectivity index (χ1v) is 24.3. The lowest BCUT2D eigenvalue weighted by Gasteiger charge is -2.29. The van der Waals surface area contributed by atoms with E-state index >= 15 is 0 Å². The zero-order chi connectivity index (χ0) is 42.5. The maximum absolute atomic E-state index is 14.1. The van der Waals surface area contributed by atoms with Crippen LogP contribution in [0.5, 0.6) is 0 Å². The van der Waals surface area contributed by atoms with Crippen LogP contribution in [0, 0.1) is 0 Å². The van der Waals surface area contributed by atoms with Crippen molar-refractivity contribution in [2.45, 2.75) is 58.6 Å². The Labute approximate surface area is 360 Å². The first kappa shape index (κ1) is 45.5. The molecule has 4 aromatic carbocycles. The van der Waals surface area contributed by atoms with Gasteiger partial charge in [0.1, 0.15) is 0 Å². The molecule has 2 aliphatic rings. The van der Waals surface area contributed by atoms with E-state index in [0.717, 1.165) is 62.3 Å². The molecule has 11 nitrogen and oxygen atoms in total. The normalized spacial score (nSPS) is 15.8. The summed E-state index contributed by atoms with van der Waals surface area (Å²) in [6, 6.07) is 26.2. The Balaban J connectivity index is 1.08. The average molecular weight is 903 g/mol. The highest BCUT2D eigenvalue weighted by molar-refractivity contribution is 7.99. The summed E-state index contributed by atoms with van der Waals surface area (Å²) in [6.45, 7) is 5.33. The molecular formula is C43H50ClF2N5O6S3. The first-order chi connectivity index (χ1) is 28.9. The molecule has 322 valence electrons. The number of thioether (sulfide) groups is 1. The molecule has 1 aliphatic carbocycles. The maximum atomic E-state index is 14.1. The van der Waals surface area contributed by atoms with Crippen molar-refractivity contribution in [1.82, 2.24) is 14.9 Å². The van der Waals surface area contributed by atoms with Gasteiger partial charge in [-0.05, 0) is 110 Å². The average Bonchev–Trinajstić information content (AvgIpc) is 3.25. The number of amides is 1. The van der Waals surface area contributed by atoms with Crippen molar-refractivity contribution in [3.8, 4) is 0 Å². The second kappa shape index (κ2) is 21.7. The fraction of sp³-hybridized carbons (Fsp3) is 0.372. The maximum Gasteiger partial charge on any atom is 0.341 e. The fourth-order valence-electron chi connectivity index (χ4n) is 7.09. The molecule has 4 aromatic rings. The monoisotopic (exact) mass is 901 g/mol. The summed E-state index contributed by atoms with van der Waals surface area (Å²) >= 11 is 7.61. The second-order valence-corrected chi connectivity index (χ2v) is 19.7. The van der Waals surface area contributed by atoms with Gasteiger partial charge < -0.3 is 20.7 Å². The van der Waals surface area contributed by atoms with E-state index in [0.29, 0.717) is 61.8 Å². The molecule has 0 saturated carbocycles. The van der Waals surface area contributed by atoms with Crippen LogP contribution in [-0.4, -0.2) is 97.7 Å². The lowest BCUT2D eigenvalue weighted by atomic mass is 9.87. The van der Waals surface area contributed by atoms with E-state index in [1.807, 2.05) is 47.2 Å². The Morgan fingerprint density at radius 1 is 0.867 bits per heavy atom. The van der Waals surface area contributed by atoms with Gasteiger partial charge in [-0.25, -0.2) is 21.6 Å². The van der Waals surface area contributed by atoms with Gasteiger partial charge in [-0.2, -0.15) is 8.78 Å². The zero-order valence-corrected chi connectivity index (χ0v) is 36.3. The first-order valence-electron chi connectivity index (χ1n) is 19.9. The van der Waals surface area contributed by atoms with Gasteiger partial charge >= 0.3 is 5.76 Å². The number of halogens is 3. The van der Waals surface area contributed by atoms with E-state index in [1.165, 1.54) is 40.6 Å². The number of alkyl halides is 2. The van der Waals surface area contributed by atoms with Gasteiger partial charge in [-0.15, -0.1) is 11.8 Å². The Morgan fingerprint density at radius 2 is 1.58 bits per heavy atom. The third kappa shape index (κ3) is 12.8. The number of nitrogens with zero attached hydrogens (tertiary/aromatic N) is 1. The minimum absolute atomic E-state index is 0.0268. The van der Waals surface area contributed by atoms with E-state index in [4.69, 9.17) is 16.3 Å². The van der Waals surface area contributed by atoms with E-state index in [-0.39, 0.29) is 17.3 Å². The molecule has 0 bridgehead atoms. The minimum Gasteiger partial charge on any atom is -0.384 e. The largest absolute Gasteiger partial charge is 0.384 e. The Hall–Kier alpha value is -4.03. The summed E-state index contributed by atoms with van der Waals surface area (Å²) in [4.78, 5) is 14.8. The number of carbonyl (C=O) groups excluding carboxylic acids is 1. The molecule has 1 amide bonds. The third-order valence-electron chi connectivity index (χ3n) is 10.4. The van der Waals surface area contributed by atoms with Crippen molar-refractivity contribution in [3.05, 3.63) is 119 Å². The fourth-order valence-corrected chi connectivity index (χ4v) is 10.2. The highest BCUT2D eigenvalue weighted by Gasteiger charge is 2.32. The molecule has 0 radical (unpaired) electrons. The van der Waals surface area contributed by atoms with Crippen molar-refractivity contribution < 1.29 is 35.1 Å². The van der Waals surface area contributed by atoms with E-state index in [1.54, 1.807) is 12.1 Å². The predicted molar refractivity (Wildman–Crippen MR) is 235 cm³/mol. The lowest BCUT2D eigenvalue weighted by molar-refractivity contribution is 0.0370. The molecule has 1 aliphatic heterocycles. The van der Waals surface area contributed by atoms with Gasteiger partial charge in [0.15, 0.2) is 0 Å². The van der Waals surface area contributed by atoms with Crippen LogP contribution in [-0.2, 0) is 24.6 Å². The van der Waals surface area contributed by atoms with Gasteiger partial charge in [0.2, 0.25) is 9.84 Å². The minimum atomic E-state index is -5.28. The number of morpholine rings is 1. The highest BCUT2D eigenvalue weighted by atomic mass is 35.5. The van der Waals surface area contributed by atoms with Crippen LogP contribution in [0.4, 0.5) is 20.2 Å². The van der Waals surface area contributed by atoms with Gasteiger partial charge in [0.05, 0.1) is 28.7 Å². The van der Waals surface area contributed by atoms with Crippen LogP contribution >= 0.6 is 23.4 Å². The van der Waals surface area contributed by atoms with E-state index < -0.39 is 41.3 Å². The number of nitrogens with one attached hydrogen (secondary N) is 4. The summed E-state index contributed by atoms with van der Waals surface area (Å²) in [5, 5.41) is 10.6. The summed E-state index contributed by atoms with van der Waals surface area (Å²) < 4.78 is 88.5. The number of sulfone groups is 1.